The second-order valence-corrected chi connectivity index (χ2v) is 9.87. The lowest BCUT2D eigenvalue weighted by Gasteiger charge is -2.14. The van der Waals surface area contributed by atoms with Crippen molar-refractivity contribution in [2.24, 2.45) is 17.0 Å². The van der Waals surface area contributed by atoms with E-state index in [9.17, 15) is 14.0 Å². The molecule has 5 rings (SSSR count). The van der Waals surface area contributed by atoms with Crippen molar-refractivity contribution in [2.75, 3.05) is 0 Å². The number of H-pyrrole nitrogens is 1. The molecule has 0 saturated heterocycles. The zero-order chi connectivity index (χ0) is 30.7. The molecule has 1 amide bonds. The first-order chi connectivity index (χ1) is 20.6. The van der Waals surface area contributed by atoms with E-state index in [0.717, 1.165) is 22.0 Å². The zero-order valence-electron chi connectivity index (χ0n) is 23.9. The summed E-state index contributed by atoms with van der Waals surface area (Å²) in [4.78, 5) is 34.4. The Kier molecular flexibility index (Phi) is 8.05. The predicted octanol–water partition coefficient (Wildman–Crippen LogP) is 4.63. The highest BCUT2D eigenvalue weighted by Crippen LogP contribution is 2.34. The number of aliphatic imine (C=N–C) groups is 2. The van der Waals surface area contributed by atoms with Crippen molar-refractivity contribution in [1.29, 1.82) is 0 Å². The molecule has 0 aliphatic heterocycles. The molecule has 3 heterocycles. The number of halogens is 1. The van der Waals surface area contributed by atoms with Gasteiger partial charge in [0.25, 0.3) is 5.91 Å². The van der Waals surface area contributed by atoms with Gasteiger partial charge >= 0.3 is 0 Å². The van der Waals surface area contributed by atoms with Crippen molar-refractivity contribution >= 4 is 29.5 Å². The van der Waals surface area contributed by atoms with E-state index in [1.54, 1.807) is 30.2 Å². The van der Waals surface area contributed by atoms with Crippen molar-refractivity contribution in [3.8, 4) is 28.0 Å². The van der Waals surface area contributed by atoms with Crippen molar-refractivity contribution in [2.45, 2.75) is 26.8 Å². The van der Waals surface area contributed by atoms with Gasteiger partial charge in [0.15, 0.2) is 5.69 Å². The summed E-state index contributed by atoms with van der Waals surface area (Å²) in [7, 11) is 1.85. The number of guanidine groups is 1. The Morgan fingerprint density at radius 2 is 1.93 bits per heavy atom. The molecular formula is C30H28FN9O3. The topological polar surface area (TPSA) is 144 Å². The number of hydrogen-bond donors (Lipinski definition) is 2. The molecule has 0 aliphatic rings. The van der Waals surface area contributed by atoms with Crippen LogP contribution in [0.25, 0.3) is 33.2 Å². The van der Waals surface area contributed by atoms with Crippen LogP contribution >= 0.6 is 0 Å². The number of benzene rings is 2. The molecule has 12 nitrogen and oxygen atoms in total. The molecule has 0 bridgehead atoms. The zero-order valence-corrected chi connectivity index (χ0v) is 23.9. The van der Waals surface area contributed by atoms with Crippen molar-refractivity contribution in [3.63, 3.8) is 0 Å². The quantitative estimate of drug-likeness (QED) is 0.163. The van der Waals surface area contributed by atoms with Crippen LogP contribution in [0, 0.1) is 5.82 Å². The largest absolute Gasteiger partial charge is 0.460 e. The van der Waals surface area contributed by atoms with Crippen LogP contribution in [0.15, 0.2) is 87.9 Å². The first-order valence-corrected chi connectivity index (χ1v) is 13.2. The number of aryl methyl sites for hydroxylation is 1. The molecular weight excluding hydrogens is 553 g/mol. The summed E-state index contributed by atoms with van der Waals surface area (Å²) in [5, 5.41) is 18.7. The monoisotopic (exact) mass is 581 g/mol. The van der Waals surface area contributed by atoms with Crippen LogP contribution in [0.4, 0.5) is 4.39 Å². The maximum absolute atomic E-state index is 13.5. The number of carbonyl (C=O) groups is 1. The van der Waals surface area contributed by atoms with Gasteiger partial charge in [0.2, 0.25) is 11.4 Å². The molecule has 0 aliphatic carbocycles. The minimum Gasteiger partial charge on any atom is -0.460 e. The second-order valence-electron chi connectivity index (χ2n) is 9.87. The Morgan fingerprint density at radius 3 is 2.60 bits per heavy atom. The summed E-state index contributed by atoms with van der Waals surface area (Å²) in [6.45, 7) is 8.86. The molecule has 43 heavy (non-hydrogen) atoms. The van der Waals surface area contributed by atoms with Gasteiger partial charge in [-0.2, -0.15) is 15.3 Å². The Balaban J connectivity index is 1.42. The smallest absolute Gasteiger partial charge is 0.282 e. The summed E-state index contributed by atoms with van der Waals surface area (Å²) < 4.78 is 22.9. The summed E-state index contributed by atoms with van der Waals surface area (Å²) in [6, 6.07) is 9.06. The third kappa shape index (κ3) is 6.15. The maximum Gasteiger partial charge on any atom is 0.282 e. The normalized spacial score (nSPS) is 12.1. The van der Waals surface area contributed by atoms with Gasteiger partial charge in [-0.05, 0) is 57.3 Å². The number of allylic oxidation sites excluding steroid dienone is 1. The Bertz CT molecular complexity index is 1940. The van der Waals surface area contributed by atoms with Crippen LogP contribution < -0.4 is 15.5 Å². The van der Waals surface area contributed by atoms with Crippen LogP contribution in [0.1, 0.15) is 37.3 Å². The molecule has 0 atom stereocenters. The highest BCUT2D eigenvalue weighted by atomic mass is 19.1. The van der Waals surface area contributed by atoms with Gasteiger partial charge < -0.3 is 4.74 Å². The van der Waals surface area contributed by atoms with Crippen LogP contribution in [-0.4, -0.2) is 48.3 Å². The molecule has 2 aromatic carbocycles. The maximum atomic E-state index is 13.5. The molecule has 0 unspecified atom stereocenters. The number of nitrogens with one attached hydrogen (secondary N) is 2. The van der Waals surface area contributed by atoms with Crippen molar-refractivity contribution in [1.82, 2.24) is 35.1 Å². The lowest BCUT2D eigenvalue weighted by Crippen LogP contribution is -2.35. The molecule has 13 heteroatoms. The average molecular weight is 582 g/mol. The van der Waals surface area contributed by atoms with Gasteiger partial charge in [0, 0.05) is 47.6 Å². The van der Waals surface area contributed by atoms with Crippen LogP contribution in [0.5, 0.6) is 5.75 Å². The van der Waals surface area contributed by atoms with Crippen molar-refractivity contribution in [3.05, 3.63) is 94.9 Å². The number of hydrogen-bond acceptors (Lipinski definition) is 7. The standard InChI is InChI=1S/C30H28FN9O3/c1-17(2)40-16-24(19-6-8-22(31)9-7-19)28(41)27(38-40)29(42)37-30(32-4)33-12-18(3)43-26-10-20-15-36-39(5)25(20)11-23(26)21-13-34-35-14-21/h6-17H,4H2,1-3,5H3,(H,34,35)(H,33,37,42)/b18-12+. The van der Waals surface area contributed by atoms with E-state index in [0.29, 0.717) is 17.1 Å². The fourth-order valence-corrected chi connectivity index (χ4v) is 4.27. The Labute approximate surface area is 245 Å². The predicted molar refractivity (Wildman–Crippen MR) is 161 cm³/mol. The SMILES string of the molecule is C=N/C(=N\C=C(/C)Oc1cc2cnn(C)c2cc1-c1cn[nH]c1)NC(=O)c1nn(C(C)C)cc(-c2ccc(F)cc2)c1=O. The Hall–Kier alpha value is -5.72. The summed E-state index contributed by atoms with van der Waals surface area (Å²) in [6.07, 6.45) is 8.07. The van der Waals surface area contributed by atoms with E-state index in [4.69, 9.17) is 4.74 Å². The lowest BCUT2D eigenvalue weighted by molar-refractivity contribution is 0.0968. The molecule has 0 spiro atoms. The van der Waals surface area contributed by atoms with E-state index >= 15 is 0 Å². The van der Waals surface area contributed by atoms with Gasteiger partial charge in [-0.3, -0.25) is 29.4 Å². The van der Waals surface area contributed by atoms with Gasteiger partial charge in [-0.15, -0.1) is 0 Å². The molecule has 0 fully saturated rings. The van der Waals surface area contributed by atoms with E-state index < -0.39 is 17.2 Å². The molecule has 218 valence electrons. The summed E-state index contributed by atoms with van der Waals surface area (Å²) in [5.74, 6) is -0.525. The van der Waals surface area contributed by atoms with E-state index in [1.165, 1.54) is 41.3 Å². The Morgan fingerprint density at radius 1 is 1.16 bits per heavy atom. The minimum atomic E-state index is -0.828. The third-order valence-electron chi connectivity index (χ3n) is 6.51. The number of carbonyl (C=O) groups excluding carboxylic acids is 1. The fourth-order valence-electron chi connectivity index (χ4n) is 4.27. The molecule has 5 aromatic rings. The average Bonchev–Trinajstić information content (AvgIpc) is 3.65. The first-order valence-electron chi connectivity index (χ1n) is 13.2. The molecule has 2 N–H and O–H groups in total. The number of fused-ring (bicyclic) bond motifs is 1. The van der Waals surface area contributed by atoms with E-state index in [2.05, 4.69) is 42.4 Å². The molecule has 0 saturated carbocycles. The van der Waals surface area contributed by atoms with Gasteiger partial charge in [0.1, 0.15) is 17.3 Å². The number of aromatic nitrogens is 6. The van der Waals surface area contributed by atoms with E-state index in [-0.39, 0.29) is 23.3 Å². The lowest BCUT2D eigenvalue weighted by atomic mass is 10.1. The second kappa shape index (κ2) is 12.0. The van der Waals surface area contributed by atoms with Crippen LogP contribution in [0.2, 0.25) is 0 Å². The van der Waals surface area contributed by atoms with Crippen LogP contribution in [-0.2, 0) is 7.05 Å². The number of rotatable bonds is 7. The highest BCUT2D eigenvalue weighted by Gasteiger charge is 2.20. The fraction of sp³-hybridized carbons (Fsp3) is 0.167. The number of nitrogens with zero attached hydrogens (tertiary/aromatic N) is 7. The third-order valence-corrected chi connectivity index (χ3v) is 6.51. The summed E-state index contributed by atoms with van der Waals surface area (Å²) in [5.41, 5.74) is 2.15. The number of amides is 1. The van der Waals surface area contributed by atoms with Gasteiger partial charge in [-0.1, -0.05) is 12.1 Å². The molecule has 0 radical (unpaired) electrons. The van der Waals surface area contributed by atoms with E-state index in [1.807, 2.05) is 33.0 Å². The van der Waals surface area contributed by atoms with Gasteiger partial charge in [0.05, 0.1) is 24.1 Å². The minimum absolute atomic E-state index is 0.169. The van der Waals surface area contributed by atoms with Crippen LogP contribution in [0.3, 0.4) is 0 Å². The van der Waals surface area contributed by atoms with Gasteiger partial charge in [-0.25, -0.2) is 14.4 Å². The number of ether oxygens (including phenoxy) is 1. The first kappa shape index (κ1) is 28.8. The van der Waals surface area contributed by atoms with Crippen molar-refractivity contribution < 1.29 is 13.9 Å². The highest BCUT2D eigenvalue weighted by molar-refractivity contribution is 6.06. The molecule has 3 aromatic heterocycles. The summed E-state index contributed by atoms with van der Waals surface area (Å²) >= 11 is 0. The number of aromatic amines is 1.